The Hall–Kier alpha value is -2.86. The summed E-state index contributed by atoms with van der Waals surface area (Å²) in [4.78, 5) is 34.4. The zero-order valence-corrected chi connectivity index (χ0v) is 19.0. The number of carbonyl (C=O) groups excluding carboxylic acids is 2. The third-order valence-electron chi connectivity index (χ3n) is 6.16. The molecular weight excluding hydrogens is 447 g/mol. The van der Waals surface area contributed by atoms with Crippen molar-refractivity contribution in [3.05, 3.63) is 93.5 Å². The van der Waals surface area contributed by atoms with Gasteiger partial charge in [-0.05, 0) is 66.9 Å². The molecule has 32 heavy (non-hydrogen) atoms. The number of rotatable bonds is 3. The van der Waals surface area contributed by atoms with Crippen molar-refractivity contribution in [1.29, 1.82) is 0 Å². The highest BCUT2D eigenvalue weighted by molar-refractivity contribution is 6.35. The third kappa shape index (κ3) is 3.28. The zero-order valence-electron chi connectivity index (χ0n) is 17.5. The molecule has 0 spiro atoms. The van der Waals surface area contributed by atoms with Crippen LogP contribution in [-0.4, -0.2) is 17.9 Å². The Kier molecular flexibility index (Phi) is 5.20. The number of hydrogen-bond donors (Lipinski definition) is 0. The Morgan fingerprint density at radius 3 is 2.25 bits per heavy atom. The van der Waals surface area contributed by atoms with E-state index in [1.807, 2.05) is 56.3 Å². The molecule has 5 rings (SSSR count). The minimum atomic E-state index is -0.943. The number of fused-ring (bicyclic) bond motifs is 1. The molecule has 7 heteroatoms. The number of anilines is 2. The SMILES string of the molecule is Cc1ccc(N2C(=O)[C@@H]3[C@@H](c4ccc(Cl)cc4Cl)N(c4ccccc4)O[C@H]3C2=O)cc1C. The number of hydrogen-bond acceptors (Lipinski definition) is 4. The van der Waals surface area contributed by atoms with E-state index in [-0.39, 0.29) is 11.8 Å². The van der Waals surface area contributed by atoms with E-state index in [2.05, 4.69) is 0 Å². The van der Waals surface area contributed by atoms with Crippen molar-refractivity contribution < 1.29 is 14.4 Å². The quantitative estimate of drug-likeness (QED) is 0.467. The van der Waals surface area contributed by atoms with Crippen molar-refractivity contribution in [3.8, 4) is 0 Å². The third-order valence-corrected chi connectivity index (χ3v) is 6.72. The molecule has 2 aliphatic heterocycles. The van der Waals surface area contributed by atoms with Crippen molar-refractivity contribution in [1.82, 2.24) is 0 Å². The highest BCUT2D eigenvalue weighted by Crippen LogP contribution is 2.49. The van der Waals surface area contributed by atoms with E-state index < -0.39 is 18.1 Å². The predicted molar refractivity (Wildman–Crippen MR) is 125 cm³/mol. The fourth-order valence-corrected chi connectivity index (χ4v) is 4.91. The molecule has 2 aliphatic rings. The van der Waals surface area contributed by atoms with E-state index in [0.717, 1.165) is 16.8 Å². The van der Waals surface area contributed by atoms with Gasteiger partial charge in [-0.3, -0.25) is 14.4 Å². The van der Waals surface area contributed by atoms with E-state index >= 15 is 0 Å². The van der Waals surface area contributed by atoms with Gasteiger partial charge in [-0.25, -0.2) is 9.96 Å². The second-order valence-electron chi connectivity index (χ2n) is 8.10. The largest absolute Gasteiger partial charge is 0.273 e. The molecule has 0 aromatic heterocycles. The molecule has 2 amide bonds. The van der Waals surface area contributed by atoms with Crippen molar-refractivity contribution in [2.75, 3.05) is 9.96 Å². The number of halogens is 2. The van der Waals surface area contributed by atoms with Gasteiger partial charge in [-0.2, -0.15) is 0 Å². The van der Waals surface area contributed by atoms with Crippen LogP contribution in [0.15, 0.2) is 66.7 Å². The van der Waals surface area contributed by atoms with E-state index in [9.17, 15) is 9.59 Å². The molecule has 3 aromatic carbocycles. The fourth-order valence-electron chi connectivity index (χ4n) is 4.39. The van der Waals surface area contributed by atoms with Gasteiger partial charge in [0.15, 0.2) is 6.10 Å². The molecule has 3 aromatic rings. The van der Waals surface area contributed by atoms with Crippen LogP contribution < -0.4 is 9.96 Å². The summed E-state index contributed by atoms with van der Waals surface area (Å²) in [5.74, 6) is -1.43. The summed E-state index contributed by atoms with van der Waals surface area (Å²) in [6.45, 7) is 3.94. The molecule has 0 unspecified atom stereocenters. The number of nitrogens with zero attached hydrogens (tertiary/aromatic N) is 2. The minimum absolute atomic E-state index is 0.308. The summed E-state index contributed by atoms with van der Waals surface area (Å²) in [6.07, 6.45) is -0.943. The first-order valence-corrected chi connectivity index (χ1v) is 11.0. The number of hydroxylamine groups is 1. The number of para-hydroxylation sites is 1. The van der Waals surface area contributed by atoms with Gasteiger partial charge in [0, 0.05) is 10.0 Å². The topological polar surface area (TPSA) is 49.9 Å². The van der Waals surface area contributed by atoms with Gasteiger partial charge in [-0.15, -0.1) is 0 Å². The van der Waals surface area contributed by atoms with Gasteiger partial charge in [0.05, 0.1) is 17.4 Å². The van der Waals surface area contributed by atoms with Gasteiger partial charge in [0.1, 0.15) is 5.92 Å². The molecule has 3 atom stereocenters. The van der Waals surface area contributed by atoms with Crippen molar-refractivity contribution in [3.63, 3.8) is 0 Å². The second-order valence-corrected chi connectivity index (χ2v) is 8.95. The maximum atomic E-state index is 13.7. The molecule has 0 radical (unpaired) electrons. The van der Waals surface area contributed by atoms with Crippen LogP contribution in [0.2, 0.25) is 10.0 Å². The zero-order chi connectivity index (χ0) is 22.6. The Labute approximate surface area is 196 Å². The Bertz CT molecular complexity index is 1230. The highest BCUT2D eigenvalue weighted by Gasteiger charge is 2.60. The lowest BCUT2D eigenvalue weighted by Crippen LogP contribution is -2.37. The van der Waals surface area contributed by atoms with Gasteiger partial charge in [-0.1, -0.05) is 53.5 Å². The molecular formula is C25H20Cl2N2O3. The second kappa shape index (κ2) is 7.93. The van der Waals surface area contributed by atoms with Crippen molar-refractivity contribution in [2.45, 2.75) is 26.0 Å². The Balaban J connectivity index is 1.61. The first-order valence-electron chi connectivity index (χ1n) is 10.3. The van der Waals surface area contributed by atoms with Crippen LogP contribution in [-0.2, 0) is 14.4 Å². The summed E-state index contributed by atoms with van der Waals surface area (Å²) in [5, 5.41) is 2.53. The van der Waals surface area contributed by atoms with E-state index in [0.29, 0.717) is 21.3 Å². The van der Waals surface area contributed by atoms with Crippen molar-refractivity contribution in [2.24, 2.45) is 5.92 Å². The maximum absolute atomic E-state index is 13.7. The van der Waals surface area contributed by atoms with Crippen LogP contribution in [0.1, 0.15) is 22.7 Å². The molecule has 162 valence electrons. The number of imide groups is 1. The number of benzene rings is 3. The summed E-state index contributed by atoms with van der Waals surface area (Å²) >= 11 is 12.7. The standard InChI is InChI=1S/C25H20Cl2N2O3/c1-14-8-10-18(12-15(14)2)28-24(30)21-22(19-11-9-16(26)13-20(19)27)29(32-23(21)25(28)31)17-6-4-3-5-7-17/h3-13,21-23H,1-2H3/t21-,22-,23-/m1/s1. The molecule has 0 N–H and O–H groups in total. The van der Waals surface area contributed by atoms with Crippen LogP contribution in [0.4, 0.5) is 11.4 Å². The van der Waals surface area contributed by atoms with Crippen LogP contribution in [0.25, 0.3) is 0 Å². The number of aryl methyl sites for hydroxylation is 2. The van der Waals surface area contributed by atoms with Crippen LogP contribution >= 0.6 is 23.2 Å². The lowest BCUT2D eigenvalue weighted by Gasteiger charge is -2.29. The van der Waals surface area contributed by atoms with E-state index in [4.69, 9.17) is 28.0 Å². The minimum Gasteiger partial charge on any atom is -0.273 e. The fraction of sp³-hybridized carbons (Fsp3) is 0.200. The van der Waals surface area contributed by atoms with Gasteiger partial charge < -0.3 is 0 Å². The molecule has 2 heterocycles. The highest BCUT2D eigenvalue weighted by atomic mass is 35.5. The van der Waals surface area contributed by atoms with E-state index in [1.165, 1.54) is 4.90 Å². The molecule has 5 nitrogen and oxygen atoms in total. The van der Waals surface area contributed by atoms with Gasteiger partial charge in [0.2, 0.25) is 5.91 Å². The first-order chi connectivity index (χ1) is 15.4. The predicted octanol–water partition coefficient (Wildman–Crippen LogP) is 5.66. The molecule has 2 saturated heterocycles. The lowest BCUT2D eigenvalue weighted by molar-refractivity contribution is -0.126. The smallest absolute Gasteiger partial charge is 0.266 e. The molecule has 2 fully saturated rings. The van der Waals surface area contributed by atoms with Crippen LogP contribution in [0.5, 0.6) is 0 Å². The number of amides is 2. The molecule has 0 bridgehead atoms. The Morgan fingerprint density at radius 2 is 1.56 bits per heavy atom. The average molecular weight is 467 g/mol. The molecule has 0 saturated carbocycles. The summed E-state index contributed by atoms with van der Waals surface area (Å²) < 4.78 is 0. The Morgan fingerprint density at radius 1 is 0.812 bits per heavy atom. The normalized spacial score (nSPS) is 22.6. The monoisotopic (exact) mass is 466 g/mol. The lowest BCUT2D eigenvalue weighted by atomic mass is 9.90. The molecule has 0 aliphatic carbocycles. The van der Waals surface area contributed by atoms with Crippen molar-refractivity contribution >= 4 is 46.4 Å². The van der Waals surface area contributed by atoms with Gasteiger partial charge in [0.25, 0.3) is 5.91 Å². The maximum Gasteiger partial charge on any atom is 0.266 e. The van der Waals surface area contributed by atoms with Crippen LogP contribution in [0.3, 0.4) is 0 Å². The average Bonchev–Trinajstić information content (AvgIpc) is 3.27. The van der Waals surface area contributed by atoms with Crippen LogP contribution in [0, 0.1) is 19.8 Å². The summed E-state index contributed by atoms with van der Waals surface area (Å²) in [6, 6.07) is 19.5. The van der Waals surface area contributed by atoms with Gasteiger partial charge >= 0.3 is 0 Å². The summed E-state index contributed by atoms with van der Waals surface area (Å²) in [5.41, 5.74) is 4.05. The summed E-state index contributed by atoms with van der Waals surface area (Å²) in [7, 11) is 0. The first kappa shape index (κ1) is 21.0. The van der Waals surface area contributed by atoms with E-state index in [1.54, 1.807) is 29.3 Å². The number of carbonyl (C=O) groups is 2.